The van der Waals surface area contributed by atoms with E-state index in [0.717, 1.165) is 5.56 Å². The van der Waals surface area contributed by atoms with Crippen LogP contribution < -0.4 is 15.5 Å². The van der Waals surface area contributed by atoms with Crippen molar-refractivity contribution < 1.29 is 14.3 Å². The number of Topliss-reactive ketones (excluding diaryl/α,β-unsaturated/α-hetero) is 1. The van der Waals surface area contributed by atoms with Gasteiger partial charge in [-0.3, -0.25) is 9.69 Å². The number of aromatic nitrogens is 2. The summed E-state index contributed by atoms with van der Waals surface area (Å²) in [6, 6.07) is 6.65. The largest absolute Gasteiger partial charge is 0.443 e. The van der Waals surface area contributed by atoms with E-state index >= 15 is 0 Å². The molecule has 8 nitrogen and oxygen atoms in total. The van der Waals surface area contributed by atoms with E-state index in [-0.39, 0.29) is 24.1 Å². The molecule has 0 saturated heterocycles. The van der Waals surface area contributed by atoms with Crippen LogP contribution in [0.1, 0.15) is 49.8 Å². The molecule has 1 atom stereocenters. The highest BCUT2D eigenvalue weighted by Crippen LogP contribution is 2.39. The molecule has 10 heteroatoms. The number of ketones is 1. The number of carbonyl (C=O) groups excluding carboxylic acids is 2. The molecule has 2 N–H and O–H groups in total. The van der Waals surface area contributed by atoms with Gasteiger partial charge in [-0.15, -0.1) is 10.2 Å². The maximum absolute atomic E-state index is 12.8. The molecule has 0 saturated carbocycles. The van der Waals surface area contributed by atoms with Gasteiger partial charge in [0.15, 0.2) is 11.6 Å². The van der Waals surface area contributed by atoms with Crippen LogP contribution in [0, 0.1) is 0 Å². The van der Waals surface area contributed by atoms with Crippen molar-refractivity contribution in [3.8, 4) is 0 Å². The Hall–Kier alpha value is -2.42. The Labute approximate surface area is 191 Å². The highest BCUT2D eigenvalue weighted by Gasteiger charge is 2.35. The lowest BCUT2D eigenvalue weighted by Crippen LogP contribution is -2.47. The lowest BCUT2D eigenvalue weighted by atomic mass is 10.0. The number of anilines is 2. The van der Waals surface area contributed by atoms with Crippen LogP contribution in [-0.4, -0.2) is 47.3 Å². The third kappa shape index (κ3) is 5.08. The number of hydrogen-bond acceptors (Lipinski definition) is 7. The number of hydrogen-bond donors (Lipinski definition) is 1. The summed E-state index contributed by atoms with van der Waals surface area (Å²) in [7, 11) is 0. The van der Waals surface area contributed by atoms with Gasteiger partial charge in [0.25, 0.3) is 0 Å². The molecule has 0 radical (unpaired) electrons. The van der Waals surface area contributed by atoms with Crippen LogP contribution in [0.15, 0.2) is 24.3 Å². The minimum absolute atomic E-state index is 0.127. The highest BCUT2D eigenvalue weighted by atomic mass is 35.5. The fraction of sp³-hybridized carbons (Fsp3) is 0.429. The highest BCUT2D eigenvalue weighted by molar-refractivity contribution is 6.33. The number of halogens is 2. The molecule has 1 aromatic heterocycles. The van der Waals surface area contributed by atoms with Crippen LogP contribution in [0.2, 0.25) is 10.0 Å². The molecular formula is C21H25Cl2N5O3. The van der Waals surface area contributed by atoms with Crippen molar-refractivity contribution >= 4 is 46.6 Å². The number of benzene rings is 1. The topological polar surface area (TPSA) is 102 Å². The van der Waals surface area contributed by atoms with E-state index in [1.54, 1.807) is 45.0 Å². The van der Waals surface area contributed by atoms with Gasteiger partial charge in [0.1, 0.15) is 11.3 Å². The van der Waals surface area contributed by atoms with Crippen molar-refractivity contribution in [3.63, 3.8) is 0 Å². The van der Waals surface area contributed by atoms with Gasteiger partial charge < -0.3 is 15.4 Å². The van der Waals surface area contributed by atoms with Crippen molar-refractivity contribution in [2.75, 3.05) is 29.4 Å². The Morgan fingerprint density at radius 2 is 1.90 bits per heavy atom. The fourth-order valence-electron chi connectivity index (χ4n) is 3.35. The van der Waals surface area contributed by atoms with Crippen LogP contribution in [-0.2, 0) is 4.74 Å². The molecule has 1 aromatic carbocycles. The van der Waals surface area contributed by atoms with Crippen LogP contribution in [0.3, 0.4) is 0 Å². The smallest absolute Gasteiger partial charge is 0.416 e. The van der Waals surface area contributed by atoms with Gasteiger partial charge in [-0.05, 0) is 57.5 Å². The molecular weight excluding hydrogens is 441 g/mol. The number of nitrogens with two attached hydrogens (primary N) is 1. The Bertz CT molecular complexity index is 1010. The summed E-state index contributed by atoms with van der Waals surface area (Å²) in [6.07, 6.45) is -0.533. The SMILES string of the molecule is CC(c1cc(Cl)ccc1Cl)N1CCN(C(=O)OC(C)(C)C)c2nnc(C(=O)CN)cc21. The average Bonchev–Trinajstić information content (AvgIpc) is 2.71. The summed E-state index contributed by atoms with van der Waals surface area (Å²) in [5.41, 5.74) is 6.33. The van der Waals surface area contributed by atoms with Crippen LogP contribution >= 0.6 is 23.2 Å². The van der Waals surface area contributed by atoms with E-state index in [1.807, 2.05) is 11.8 Å². The fourth-order valence-corrected chi connectivity index (χ4v) is 3.81. The predicted molar refractivity (Wildman–Crippen MR) is 121 cm³/mol. The van der Waals surface area contributed by atoms with E-state index in [0.29, 0.717) is 34.6 Å². The summed E-state index contributed by atoms with van der Waals surface area (Å²) in [4.78, 5) is 28.4. The van der Waals surface area contributed by atoms with Crippen LogP contribution in [0.5, 0.6) is 0 Å². The molecule has 2 aromatic rings. The standard InChI is InChI=1S/C21H25Cl2N5O3/c1-12(14-9-13(22)5-6-15(14)23)27-7-8-28(20(30)31-21(2,3)4)19-17(27)10-16(25-26-19)18(29)11-24/h5-6,9-10,12H,7-8,11,24H2,1-4H3. The van der Waals surface area contributed by atoms with Crippen molar-refractivity contribution in [2.24, 2.45) is 5.73 Å². The van der Waals surface area contributed by atoms with Crippen LogP contribution in [0.25, 0.3) is 0 Å². The summed E-state index contributed by atoms with van der Waals surface area (Å²) < 4.78 is 5.52. The van der Waals surface area contributed by atoms with Crippen molar-refractivity contribution in [1.29, 1.82) is 0 Å². The number of rotatable bonds is 4. The van der Waals surface area contributed by atoms with E-state index in [1.165, 1.54) is 4.90 Å². The summed E-state index contributed by atoms with van der Waals surface area (Å²) in [5.74, 6) is -0.0443. The zero-order valence-electron chi connectivity index (χ0n) is 17.9. The minimum Gasteiger partial charge on any atom is -0.443 e. The van der Waals surface area contributed by atoms with Gasteiger partial charge in [-0.2, -0.15) is 0 Å². The third-order valence-electron chi connectivity index (χ3n) is 4.85. The van der Waals surface area contributed by atoms with Gasteiger partial charge in [0, 0.05) is 23.1 Å². The molecule has 166 valence electrons. The second-order valence-corrected chi connectivity index (χ2v) is 9.08. The van der Waals surface area contributed by atoms with Crippen molar-refractivity contribution in [2.45, 2.75) is 39.3 Å². The summed E-state index contributed by atoms with van der Waals surface area (Å²) in [5, 5.41) is 9.30. The van der Waals surface area contributed by atoms with Crippen LogP contribution in [0.4, 0.5) is 16.3 Å². The molecule has 0 bridgehead atoms. The lowest BCUT2D eigenvalue weighted by Gasteiger charge is -2.40. The molecule has 1 unspecified atom stereocenters. The first kappa shape index (κ1) is 23.2. The Balaban J connectivity index is 2.06. The first-order valence-electron chi connectivity index (χ1n) is 9.85. The maximum Gasteiger partial charge on any atom is 0.416 e. The monoisotopic (exact) mass is 465 g/mol. The molecule has 1 amide bonds. The molecule has 31 heavy (non-hydrogen) atoms. The second-order valence-electron chi connectivity index (χ2n) is 8.23. The first-order valence-corrected chi connectivity index (χ1v) is 10.6. The Kier molecular flexibility index (Phi) is 6.73. The zero-order valence-corrected chi connectivity index (χ0v) is 19.4. The van der Waals surface area contributed by atoms with Crippen molar-refractivity contribution in [1.82, 2.24) is 10.2 Å². The quantitative estimate of drug-likeness (QED) is 0.673. The molecule has 0 fully saturated rings. The van der Waals surface area contributed by atoms with Gasteiger partial charge in [0.2, 0.25) is 0 Å². The first-order chi connectivity index (χ1) is 14.5. The minimum atomic E-state index is -0.668. The van der Waals surface area contributed by atoms with E-state index in [9.17, 15) is 9.59 Å². The average molecular weight is 466 g/mol. The molecule has 3 rings (SSSR count). The number of ether oxygens (including phenoxy) is 1. The van der Waals surface area contributed by atoms with E-state index < -0.39 is 11.7 Å². The van der Waals surface area contributed by atoms with Gasteiger partial charge in [-0.25, -0.2) is 4.79 Å². The number of nitrogens with zero attached hydrogens (tertiary/aromatic N) is 4. The Morgan fingerprint density at radius 3 is 2.55 bits per heavy atom. The predicted octanol–water partition coefficient (Wildman–Crippen LogP) is 4.25. The van der Waals surface area contributed by atoms with Gasteiger partial charge in [-0.1, -0.05) is 23.2 Å². The lowest BCUT2D eigenvalue weighted by molar-refractivity contribution is 0.0578. The molecule has 0 aliphatic carbocycles. The number of amides is 1. The third-order valence-corrected chi connectivity index (χ3v) is 5.42. The number of carbonyl (C=O) groups is 2. The maximum atomic E-state index is 12.8. The Morgan fingerprint density at radius 1 is 1.19 bits per heavy atom. The second kappa shape index (κ2) is 8.98. The normalized spacial score (nSPS) is 14.8. The van der Waals surface area contributed by atoms with Gasteiger partial charge >= 0.3 is 6.09 Å². The summed E-state index contributed by atoms with van der Waals surface area (Å²) in [6.45, 7) is 7.93. The summed E-state index contributed by atoms with van der Waals surface area (Å²) >= 11 is 12.6. The van der Waals surface area contributed by atoms with Gasteiger partial charge in [0.05, 0.1) is 18.3 Å². The zero-order chi connectivity index (χ0) is 22.9. The molecule has 2 heterocycles. The van der Waals surface area contributed by atoms with E-state index in [4.69, 9.17) is 33.7 Å². The molecule has 1 aliphatic rings. The van der Waals surface area contributed by atoms with E-state index in [2.05, 4.69) is 10.2 Å². The molecule has 0 spiro atoms. The van der Waals surface area contributed by atoms with Crippen molar-refractivity contribution in [3.05, 3.63) is 45.6 Å². The molecule has 1 aliphatic heterocycles. The number of fused-ring (bicyclic) bond motifs is 1.